The number of piperidine rings is 1. The minimum absolute atomic E-state index is 0.409. The normalized spacial score (nSPS) is 22.7. The van der Waals surface area contributed by atoms with Crippen LogP contribution in [0.5, 0.6) is 0 Å². The number of benzene rings is 2. The maximum absolute atomic E-state index is 3.56. The van der Waals surface area contributed by atoms with E-state index in [1.54, 1.807) is 11.1 Å². The van der Waals surface area contributed by atoms with Crippen LogP contribution in [0.1, 0.15) is 35.1 Å². The van der Waals surface area contributed by atoms with Crippen molar-refractivity contribution in [3.05, 3.63) is 70.8 Å². The summed E-state index contributed by atoms with van der Waals surface area (Å²) < 4.78 is 0. The molecule has 0 saturated carbocycles. The molecular weight excluding hydrogens is 266 g/mol. The molecule has 1 atom stereocenters. The zero-order valence-electron chi connectivity index (χ0n) is 13.4. The Balaban J connectivity index is 1.68. The lowest BCUT2D eigenvalue weighted by atomic mass is 9.67. The average Bonchev–Trinajstić information content (AvgIpc) is 2.84. The van der Waals surface area contributed by atoms with Gasteiger partial charge in [-0.2, -0.15) is 0 Å². The first kappa shape index (κ1) is 14.0. The third-order valence-electron chi connectivity index (χ3n) is 5.90. The first-order valence-electron chi connectivity index (χ1n) is 8.63. The minimum Gasteiger partial charge on any atom is -0.317 e. The van der Waals surface area contributed by atoms with Gasteiger partial charge in [0, 0.05) is 5.41 Å². The van der Waals surface area contributed by atoms with Crippen molar-refractivity contribution in [2.45, 2.75) is 38.0 Å². The Bertz CT molecular complexity index is 650. The van der Waals surface area contributed by atoms with Gasteiger partial charge >= 0.3 is 0 Å². The lowest BCUT2D eigenvalue weighted by Crippen LogP contribution is -2.43. The molecule has 1 nitrogen and oxygen atoms in total. The van der Waals surface area contributed by atoms with Gasteiger partial charge in [0.25, 0.3) is 0 Å². The van der Waals surface area contributed by atoms with Crippen molar-refractivity contribution in [2.24, 2.45) is 5.92 Å². The van der Waals surface area contributed by atoms with Gasteiger partial charge in [0.2, 0.25) is 0 Å². The van der Waals surface area contributed by atoms with Crippen LogP contribution in [-0.2, 0) is 18.3 Å². The fourth-order valence-electron chi connectivity index (χ4n) is 4.69. The van der Waals surface area contributed by atoms with Crippen LogP contribution in [0.3, 0.4) is 0 Å². The second-order valence-electron chi connectivity index (χ2n) is 7.15. The van der Waals surface area contributed by atoms with E-state index in [0.29, 0.717) is 5.41 Å². The minimum atomic E-state index is 0.409. The molecule has 1 aliphatic carbocycles. The Hall–Kier alpha value is -1.60. The summed E-state index contributed by atoms with van der Waals surface area (Å²) in [5, 5.41) is 3.56. The Kier molecular flexibility index (Phi) is 3.54. The summed E-state index contributed by atoms with van der Waals surface area (Å²) in [4.78, 5) is 0. The molecule has 0 radical (unpaired) electrons. The lowest BCUT2D eigenvalue weighted by Gasteiger charge is -2.40. The molecule has 0 bridgehead atoms. The number of hydrogen-bond acceptors (Lipinski definition) is 1. The first-order valence-corrected chi connectivity index (χ1v) is 8.63. The van der Waals surface area contributed by atoms with Gasteiger partial charge in [-0.15, -0.1) is 0 Å². The quantitative estimate of drug-likeness (QED) is 0.881. The molecule has 22 heavy (non-hydrogen) atoms. The molecule has 1 heteroatoms. The Morgan fingerprint density at radius 1 is 1.00 bits per heavy atom. The van der Waals surface area contributed by atoms with Gasteiger partial charge in [-0.25, -0.2) is 0 Å². The fourth-order valence-corrected chi connectivity index (χ4v) is 4.69. The van der Waals surface area contributed by atoms with Crippen LogP contribution in [0.2, 0.25) is 0 Å². The largest absolute Gasteiger partial charge is 0.317 e. The number of fused-ring (bicyclic) bond motifs is 2. The maximum Gasteiger partial charge on any atom is 0.00144 e. The van der Waals surface area contributed by atoms with Crippen LogP contribution in [0.25, 0.3) is 0 Å². The molecule has 4 rings (SSSR count). The second-order valence-corrected chi connectivity index (χ2v) is 7.15. The highest BCUT2D eigenvalue weighted by Crippen LogP contribution is 2.50. The summed E-state index contributed by atoms with van der Waals surface area (Å²) in [6.07, 6.45) is 5.06. The average molecular weight is 291 g/mol. The smallest absolute Gasteiger partial charge is 0.00144 e. The highest BCUT2D eigenvalue weighted by molar-refractivity contribution is 5.42. The Labute approximate surface area is 133 Å². The van der Waals surface area contributed by atoms with Crippen molar-refractivity contribution < 1.29 is 0 Å². The molecule has 1 saturated heterocycles. The van der Waals surface area contributed by atoms with Crippen LogP contribution in [0.15, 0.2) is 48.5 Å². The molecule has 2 aliphatic rings. The molecule has 0 aromatic heterocycles. The monoisotopic (exact) mass is 291 g/mol. The summed E-state index contributed by atoms with van der Waals surface area (Å²) in [6.45, 7) is 4.50. The van der Waals surface area contributed by atoms with E-state index in [-0.39, 0.29) is 0 Å². The van der Waals surface area contributed by atoms with Crippen LogP contribution in [-0.4, -0.2) is 13.1 Å². The fraction of sp³-hybridized carbons (Fsp3) is 0.429. The van der Waals surface area contributed by atoms with Gasteiger partial charge < -0.3 is 5.32 Å². The van der Waals surface area contributed by atoms with E-state index in [9.17, 15) is 0 Å². The maximum atomic E-state index is 3.56. The molecule has 2 aromatic carbocycles. The number of nitrogens with one attached hydrogen (secondary N) is 1. The van der Waals surface area contributed by atoms with E-state index >= 15 is 0 Å². The summed E-state index contributed by atoms with van der Waals surface area (Å²) in [5.41, 5.74) is 6.51. The van der Waals surface area contributed by atoms with Gasteiger partial charge in [-0.05, 0) is 68.3 Å². The standard InChI is InChI=1S/C21H25N/c1-16-6-8-17(9-7-16)14-19-15-18-4-2-3-5-20(18)21(19)10-12-22-13-11-21/h2-9,19,22H,10-15H2,1H3. The summed E-state index contributed by atoms with van der Waals surface area (Å²) in [7, 11) is 0. The second kappa shape index (κ2) is 5.55. The molecule has 1 N–H and O–H groups in total. The van der Waals surface area contributed by atoms with E-state index in [1.165, 1.54) is 49.9 Å². The van der Waals surface area contributed by atoms with E-state index in [2.05, 4.69) is 60.8 Å². The van der Waals surface area contributed by atoms with E-state index < -0.39 is 0 Å². The molecule has 1 unspecified atom stereocenters. The van der Waals surface area contributed by atoms with Gasteiger partial charge in [0.1, 0.15) is 0 Å². The molecule has 1 spiro atoms. The third-order valence-corrected chi connectivity index (χ3v) is 5.90. The van der Waals surface area contributed by atoms with Crippen molar-refractivity contribution >= 4 is 0 Å². The van der Waals surface area contributed by atoms with Crippen molar-refractivity contribution in [2.75, 3.05) is 13.1 Å². The van der Waals surface area contributed by atoms with Gasteiger partial charge in [0.05, 0.1) is 0 Å². The summed E-state index contributed by atoms with van der Waals surface area (Å²) in [6, 6.07) is 18.4. The van der Waals surface area contributed by atoms with Crippen LogP contribution >= 0.6 is 0 Å². The molecule has 1 heterocycles. The summed E-state index contributed by atoms with van der Waals surface area (Å²) in [5.74, 6) is 0.759. The highest BCUT2D eigenvalue weighted by Gasteiger charge is 2.46. The highest BCUT2D eigenvalue weighted by atomic mass is 14.9. The molecular formula is C21H25N. The third kappa shape index (κ3) is 2.28. The zero-order chi connectivity index (χ0) is 15.0. The molecule has 0 amide bonds. The van der Waals surface area contributed by atoms with Gasteiger partial charge in [-0.1, -0.05) is 54.1 Å². The number of hydrogen-bond donors (Lipinski definition) is 1. The van der Waals surface area contributed by atoms with Crippen LogP contribution in [0.4, 0.5) is 0 Å². The SMILES string of the molecule is Cc1ccc(CC2Cc3ccccc3C23CCNCC3)cc1. The van der Waals surface area contributed by atoms with Crippen molar-refractivity contribution in [3.8, 4) is 0 Å². The van der Waals surface area contributed by atoms with Crippen LogP contribution in [0, 0.1) is 12.8 Å². The molecule has 2 aromatic rings. The predicted octanol–water partition coefficient (Wildman–Crippen LogP) is 4.03. The summed E-state index contributed by atoms with van der Waals surface area (Å²) >= 11 is 0. The number of aryl methyl sites for hydroxylation is 1. The Morgan fingerprint density at radius 3 is 2.50 bits per heavy atom. The van der Waals surface area contributed by atoms with Crippen LogP contribution < -0.4 is 5.32 Å². The topological polar surface area (TPSA) is 12.0 Å². The predicted molar refractivity (Wildman–Crippen MR) is 92.3 cm³/mol. The zero-order valence-corrected chi connectivity index (χ0v) is 13.4. The first-order chi connectivity index (χ1) is 10.8. The van der Waals surface area contributed by atoms with E-state index in [4.69, 9.17) is 0 Å². The van der Waals surface area contributed by atoms with Crippen molar-refractivity contribution in [1.82, 2.24) is 5.32 Å². The van der Waals surface area contributed by atoms with Crippen molar-refractivity contribution in [1.29, 1.82) is 0 Å². The molecule has 114 valence electrons. The number of rotatable bonds is 2. The molecule has 1 aliphatic heterocycles. The Morgan fingerprint density at radius 2 is 1.73 bits per heavy atom. The van der Waals surface area contributed by atoms with E-state index in [0.717, 1.165) is 5.92 Å². The van der Waals surface area contributed by atoms with E-state index in [1.807, 2.05) is 0 Å². The lowest BCUT2D eigenvalue weighted by molar-refractivity contribution is 0.219. The van der Waals surface area contributed by atoms with Gasteiger partial charge in [0.15, 0.2) is 0 Å². The van der Waals surface area contributed by atoms with Gasteiger partial charge in [-0.3, -0.25) is 0 Å². The van der Waals surface area contributed by atoms with Crippen molar-refractivity contribution in [3.63, 3.8) is 0 Å². The molecule has 1 fully saturated rings.